The smallest absolute Gasteiger partial charge is 0.191 e. The van der Waals surface area contributed by atoms with Gasteiger partial charge in [0.1, 0.15) is 11.9 Å². The zero-order valence-corrected chi connectivity index (χ0v) is 15.1. The number of nitrogens with one attached hydrogen (secondary N) is 2. The number of nitrogens with zero attached hydrogens (tertiary/aromatic N) is 1. The van der Waals surface area contributed by atoms with Gasteiger partial charge in [0.15, 0.2) is 5.96 Å². The third-order valence-electron chi connectivity index (χ3n) is 4.29. The van der Waals surface area contributed by atoms with Crippen LogP contribution in [0.5, 0.6) is 5.75 Å². The molecule has 2 rings (SSSR count). The van der Waals surface area contributed by atoms with Crippen LogP contribution in [0.4, 0.5) is 0 Å². The van der Waals surface area contributed by atoms with Gasteiger partial charge >= 0.3 is 0 Å². The van der Waals surface area contributed by atoms with Crippen molar-refractivity contribution in [1.29, 1.82) is 0 Å². The maximum Gasteiger partial charge on any atom is 0.191 e. The average molecular weight is 333 g/mol. The molecule has 5 heteroatoms. The molecule has 0 spiro atoms. The Kier molecular flexibility index (Phi) is 6.91. The van der Waals surface area contributed by atoms with Gasteiger partial charge in [0.2, 0.25) is 0 Å². The summed E-state index contributed by atoms with van der Waals surface area (Å²) in [6.07, 6.45) is 3.91. The van der Waals surface area contributed by atoms with Gasteiger partial charge in [-0.2, -0.15) is 0 Å². The van der Waals surface area contributed by atoms with E-state index in [1.807, 2.05) is 32.0 Å². The van der Waals surface area contributed by atoms with Crippen molar-refractivity contribution in [2.75, 3.05) is 19.6 Å². The van der Waals surface area contributed by atoms with Crippen LogP contribution in [0.1, 0.15) is 45.1 Å². The molecule has 0 heterocycles. The predicted molar refractivity (Wildman–Crippen MR) is 98.7 cm³/mol. The number of aliphatic imine (C=N–C) groups is 1. The Morgan fingerprint density at radius 3 is 2.75 bits per heavy atom. The fraction of sp³-hybridized carbons (Fsp3) is 0.632. The highest BCUT2D eigenvalue weighted by Gasteiger charge is 2.30. The predicted octanol–water partition coefficient (Wildman–Crippen LogP) is 2.62. The molecule has 0 radical (unpaired) electrons. The summed E-state index contributed by atoms with van der Waals surface area (Å²) in [5.74, 6) is 1.61. The molecule has 1 aliphatic rings. The summed E-state index contributed by atoms with van der Waals surface area (Å²) in [4.78, 5) is 4.55. The summed E-state index contributed by atoms with van der Waals surface area (Å²) >= 11 is 0. The number of ether oxygens (including phenoxy) is 1. The molecule has 0 bridgehead atoms. The molecule has 134 valence electrons. The molecule has 24 heavy (non-hydrogen) atoms. The fourth-order valence-electron chi connectivity index (χ4n) is 2.96. The van der Waals surface area contributed by atoms with Gasteiger partial charge in [0, 0.05) is 6.54 Å². The fourth-order valence-corrected chi connectivity index (χ4v) is 2.96. The van der Waals surface area contributed by atoms with Crippen LogP contribution in [-0.4, -0.2) is 42.4 Å². The maximum atomic E-state index is 10.4. The normalized spacial score (nSPS) is 18.2. The van der Waals surface area contributed by atoms with E-state index >= 15 is 0 Å². The molecule has 0 aliphatic heterocycles. The second-order valence-electron chi connectivity index (χ2n) is 6.75. The van der Waals surface area contributed by atoms with E-state index in [1.165, 1.54) is 5.56 Å². The molecule has 0 saturated heterocycles. The lowest BCUT2D eigenvalue weighted by Gasteiger charge is -2.21. The van der Waals surface area contributed by atoms with Crippen LogP contribution in [0.25, 0.3) is 0 Å². The first-order valence-electron chi connectivity index (χ1n) is 8.99. The second kappa shape index (κ2) is 8.92. The number of hydrogen-bond donors (Lipinski definition) is 3. The quantitative estimate of drug-likeness (QED) is 0.530. The van der Waals surface area contributed by atoms with Crippen molar-refractivity contribution in [3.05, 3.63) is 29.8 Å². The van der Waals surface area contributed by atoms with Crippen LogP contribution in [0.15, 0.2) is 29.3 Å². The van der Waals surface area contributed by atoms with Crippen LogP contribution in [0.2, 0.25) is 0 Å². The Labute approximate surface area is 145 Å². The van der Waals surface area contributed by atoms with Crippen LogP contribution in [0.3, 0.4) is 0 Å². The number of aliphatic hydroxyl groups is 1. The number of rotatable bonds is 7. The summed E-state index contributed by atoms with van der Waals surface area (Å²) in [6, 6.07) is 8.06. The third-order valence-corrected chi connectivity index (χ3v) is 4.29. The minimum absolute atomic E-state index is 0.0187. The molecular formula is C19H31N3O2. The van der Waals surface area contributed by atoms with Gasteiger partial charge in [-0.25, -0.2) is 0 Å². The van der Waals surface area contributed by atoms with E-state index in [2.05, 4.69) is 28.6 Å². The maximum absolute atomic E-state index is 10.4. The first-order chi connectivity index (χ1) is 11.5. The lowest BCUT2D eigenvalue weighted by Crippen LogP contribution is -2.43. The minimum atomic E-state index is -0.619. The number of aryl methyl sites for hydroxylation is 1. The van der Waals surface area contributed by atoms with E-state index in [0.717, 1.165) is 43.9 Å². The topological polar surface area (TPSA) is 65.9 Å². The molecule has 0 aromatic heterocycles. The van der Waals surface area contributed by atoms with Crippen molar-refractivity contribution in [2.45, 2.75) is 58.2 Å². The zero-order chi connectivity index (χ0) is 17.4. The highest BCUT2D eigenvalue weighted by Crippen LogP contribution is 2.29. The molecule has 1 aromatic carbocycles. The van der Waals surface area contributed by atoms with Crippen LogP contribution >= 0.6 is 0 Å². The second-order valence-corrected chi connectivity index (χ2v) is 6.75. The molecular weight excluding hydrogens is 302 g/mol. The number of hydrogen-bond acceptors (Lipinski definition) is 3. The number of benzene rings is 1. The lowest BCUT2D eigenvalue weighted by molar-refractivity contribution is 0.0574. The highest BCUT2D eigenvalue weighted by atomic mass is 16.5. The summed E-state index contributed by atoms with van der Waals surface area (Å²) in [6.45, 7) is 8.02. The summed E-state index contributed by atoms with van der Waals surface area (Å²) < 4.78 is 5.93. The van der Waals surface area contributed by atoms with Gasteiger partial charge in [-0.3, -0.25) is 4.99 Å². The molecule has 5 nitrogen and oxygen atoms in total. The van der Waals surface area contributed by atoms with Gasteiger partial charge in [-0.1, -0.05) is 25.0 Å². The largest absolute Gasteiger partial charge is 0.489 e. The lowest BCUT2D eigenvalue weighted by atomic mass is 10.0. The van der Waals surface area contributed by atoms with Crippen LogP contribution in [-0.2, 0) is 0 Å². The monoisotopic (exact) mass is 333 g/mol. The van der Waals surface area contributed by atoms with Gasteiger partial charge in [0.25, 0.3) is 0 Å². The minimum Gasteiger partial charge on any atom is -0.489 e. The zero-order valence-electron chi connectivity index (χ0n) is 15.1. The molecule has 0 amide bonds. The van der Waals surface area contributed by atoms with E-state index in [-0.39, 0.29) is 6.10 Å². The molecule has 1 unspecified atom stereocenters. The van der Waals surface area contributed by atoms with E-state index < -0.39 is 5.60 Å². The van der Waals surface area contributed by atoms with Gasteiger partial charge in [-0.05, 0) is 51.3 Å². The summed E-state index contributed by atoms with van der Waals surface area (Å²) in [5, 5.41) is 16.9. The van der Waals surface area contributed by atoms with Crippen molar-refractivity contribution in [2.24, 2.45) is 4.99 Å². The first-order valence-corrected chi connectivity index (χ1v) is 8.99. The van der Waals surface area contributed by atoms with E-state index in [9.17, 15) is 5.11 Å². The Balaban J connectivity index is 1.83. The van der Waals surface area contributed by atoms with Gasteiger partial charge in [-0.15, -0.1) is 0 Å². The molecule has 1 aliphatic carbocycles. The molecule has 1 fully saturated rings. The molecule has 1 atom stereocenters. The van der Waals surface area contributed by atoms with Gasteiger partial charge < -0.3 is 20.5 Å². The first kappa shape index (κ1) is 18.6. The highest BCUT2D eigenvalue weighted by molar-refractivity contribution is 5.79. The average Bonchev–Trinajstić information content (AvgIpc) is 2.97. The Morgan fingerprint density at radius 1 is 1.33 bits per heavy atom. The van der Waals surface area contributed by atoms with Crippen LogP contribution < -0.4 is 15.4 Å². The van der Waals surface area contributed by atoms with Crippen molar-refractivity contribution < 1.29 is 9.84 Å². The third kappa shape index (κ3) is 6.04. The van der Waals surface area contributed by atoms with Gasteiger partial charge in [0.05, 0.1) is 18.7 Å². The van der Waals surface area contributed by atoms with Crippen LogP contribution in [0, 0.1) is 6.92 Å². The molecule has 1 aromatic rings. The standard InChI is InChI=1S/C19H31N3O2/c1-4-20-18(22-14-19(23)10-5-6-11-19)21-13-16(3)24-17-9-7-8-15(2)12-17/h7-9,12,16,23H,4-6,10-11,13-14H2,1-3H3,(H2,20,21,22). The van der Waals surface area contributed by atoms with E-state index in [0.29, 0.717) is 13.1 Å². The van der Waals surface area contributed by atoms with Crippen molar-refractivity contribution in [3.63, 3.8) is 0 Å². The van der Waals surface area contributed by atoms with E-state index in [4.69, 9.17) is 4.74 Å². The SMILES string of the molecule is CCNC(=NCC1(O)CCCC1)NCC(C)Oc1cccc(C)c1. The Morgan fingerprint density at radius 2 is 2.08 bits per heavy atom. The van der Waals surface area contributed by atoms with Crippen molar-refractivity contribution >= 4 is 5.96 Å². The molecule has 3 N–H and O–H groups in total. The summed E-state index contributed by atoms with van der Waals surface area (Å²) in [5.41, 5.74) is 0.568. The summed E-state index contributed by atoms with van der Waals surface area (Å²) in [7, 11) is 0. The number of guanidine groups is 1. The Hall–Kier alpha value is -1.75. The molecule has 1 saturated carbocycles. The van der Waals surface area contributed by atoms with E-state index in [1.54, 1.807) is 0 Å². The Bertz CT molecular complexity index is 539. The van der Waals surface area contributed by atoms with Crippen molar-refractivity contribution in [1.82, 2.24) is 10.6 Å². The van der Waals surface area contributed by atoms with Crippen molar-refractivity contribution in [3.8, 4) is 5.75 Å².